The van der Waals surface area contributed by atoms with E-state index in [0.717, 1.165) is 56.3 Å². The smallest absolute Gasteiger partial charge is 0.201 e. The second-order valence-electron chi connectivity index (χ2n) is 11.4. The van der Waals surface area contributed by atoms with Gasteiger partial charge in [-0.15, -0.1) is 5.10 Å². The SMILES string of the molecule is C[C@H]1CC[C@H](C(=O)Cn2nc3cc(Cl)cnc3n2)CCC[C@H]2[C@H]1CC[C@@H]1C[C@](C)(O)CC[C@@H]12. The lowest BCUT2D eigenvalue weighted by Gasteiger charge is -2.50. The number of hydrogen-bond donors (Lipinski definition) is 1. The molecule has 3 fully saturated rings. The Labute approximate surface area is 201 Å². The monoisotopic (exact) mass is 472 g/mol. The van der Waals surface area contributed by atoms with Gasteiger partial charge in [-0.1, -0.05) is 24.9 Å². The van der Waals surface area contributed by atoms with Crippen molar-refractivity contribution in [2.45, 2.75) is 90.2 Å². The molecular weight excluding hydrogens is 436 g/mol. The Morgan fingerprint density at radius 1 is 1.12 bits per heavy atom. The summed E-state index contributed by atoms with van der Waals surface area (Å²) < 4.78 is 0. The summed E-state index contributed by atoms with van der Waals surface area (Å²) in [5.41, 5.74) is 0.686. The van der Waals surface area contributed by atoms with Crippen molar-refractivity contribution in [3.8, 4) is 0 Å². The summed E-state index contributed by atoms with van der Waals surface area (Å²) in [6.45, 7) is 4.65. The number of Topliss-reactive ketones (excluding diaryl/α,β-unsaturated/α-hetero) is 1. The third-order valence-corrected chi connectivity index (χ3v) is 9.29. The lowest BCUT2D eigenvalue weighted by Crippen LogP contribution is -2.45. The van der Waals surface area contributed by atoms with Gasteiger partial charge in [0.2, 0.25) is 5.65 Å². The summed E-state index contributed by atoms with van der Waals surface area (Å²) in [5.74, 6) is 3.96. The lowest BCUT2D eigenvalue weighted by atomic mass is 9.56. The van der Waals surface area contributed by atoms with Gasteiger partial charge in [0.25, 0.3) is 0 Å². The Kier molecular flexibility index (Phi) is 6.51. The van der Waals surface area contributed by atoms with Crippen LogP contribution in [0.15, 0.2) is 12.3 Å². The fourth-order valence-corrected chi connectivity index (χ4v) is 7.55. The summed E-state index contributed by atoms with van der Waals surface area (Å²) in [4.78, 5) is 18.9. The summed E-state index contributed by atoms with van der Waals surface area (Å²) in [6, 6.07) is 1.74. The summed E-state index contributed by atoms with van der Waals surface area (Å²) in [6.07, 6.45) is 12.6. The van der Waals surface area contributed by atoms with Crippen molar-refractivity contribution < 1.29 is 9.90 Å². The van der Waals surface area contributed by atoms with Crippen LogP contribution in [-0.4, -0.2) is 36.5 Å². The number of rotatable bonds is 3. The first-order valence-electron chi connectivity index (χ1n) is 12.9. The summed E-state index contributed by atoms with van der Waals surface area (Å²) in [5, 5.41) is 19.9. The van der Waals surface area contributed by atoms with Crippen molar-refractivity contribution in [1.29, 1.82) is 0 Å². The van der Waals surface area contributed by atoms with Gasteiger partial charge in [-0.2, -0.15) is 9.90 Å². The molecule has 2 aromatic rings. The van der Waals surface area contributed by atoms with Crippen LogP contribution in [0, 0.1) is 35.5 Å². The number of hydrogen-bond acceptors (Lipinski definition) is 5. The highest BCUT2D eigenvalue weighted by molar-refractivity contribution is 6.30. The highest BCUT2D eigenvalue weighted by atomic mass is 35.5. The van der Waals surface area contributed by atoms with E-state index in [0.29, 0.717) is 28.0 Å². The molecule has 7 atom stereocenters. The number of pyridine rings is 1. The fourth-order valence-electron chi connectivity index (χ4n) is 7.40. The molecule has 0 aromatic carbocycles. The lowest BCUT2D eigenvalue weighted by molar-refractivity contribution is -0.124. The predicted octanol–water partition coefficient (Wildman–Crippen LogP) is 5.46. The first-order valence-corrected chi connectivity index (χ1v) is 13.3. The van der Waals surface area contributed by atoms with Crippen molar-refractivity contribution in [3.05, 3.63) is 17.3 Å². The van der Waals surface area contributed by atoms with Crippen molar-refractivity contribution in [2.24, 2.45) is 35.5 Å². The van der Waals surface area contributed by atoms with Gasteiger partial charge in [-0.3, -0.25) is 4.79 Å². The quantitative estimate of drug-likeness (QED) is 0.641. The minimum Gasteiger partial charge on any atom is -0.390 e. The maximum atomic E-state index is 13.2. The minimum absolute atomic E-state index is 0.0844. The van der Waals surface area contributed by atoms with Gasteiger partial charge in [0, 0.05) is 12.1 Å². The van der Waals surface area contributed by atoms with Crippen LogP contribution >= 0.6 is 11.6 Å². The van der Waals surface area contributed by atoms with Crippen LogP contribution in [0.1, 0.15) is 78.1 Å². The highest BCUT2D eigenvalue weighted by Crippen LogP contribution is 2.53. The number of ketones is 1. The van der Waals surface area contributed by atoms with E-state index in [2.05, 4.69) is 22.1 Å². The van der Waals surface area contributed by atoms with Crippen molar-refractivity contribution >= 4 is 28.5 Å². The zero-order chi connectivity index (χ0) is 23.2. The molecular formula is C26H37ClN4O2. The van der Waals surface area contributed by atoms with E-state index in [1.165, 1.54) is 30.5 Å². The van der Waals surface area contributed by atoms with E-state index >= 15 is 0 Å². The molecule has 6 nitrogen and oxygen atoms in total. The zero-order valence-electron chi connectivity index (χ0n) is 19.9. The molecule has 0 amide bonds. The highest BCUT2D eigenvalue weighted by Gasteiger charge is 2.46. The van der Waals surface area contributed by atoms with Crippen LogP contribution in [0.5, 0.6) is 0 Å². The van der Waals surface area contributed by atoms with Gasteiger partial charge in [0.1, 0.15) is 12.1 Å². The topological polar surface area (TPSA) is 80.9 Å². The minimum atomic E-state index is -0.470. The Morgan fingerprint density at radius 3 is 2.82 bits per heavy atom. The van der Waals surface area contributed by atoms with E-state index in [1.54, 1.807) is 12.3 Å². The second kappa shape index (κ2) is 9.26. The molecule has 2 aromatic heterocycles. The van der Waals surface area contributed by atoms with E-state index in [1.807, 2.05) is 6.92 Å². The van der Waals surface area contributed by atoms with Gasteiger partial charge in [-0.05, 0) is 100 Å². The molecule has 0 aliphatic heterocycles. The number of carbonyl (C=O) groups is 1. The number of nitrogens with zero attached hydrogens (tertiary/aromatic N) is 4. The number of aliphatic hydroxyl groups is 1. The van der Waals surface area contributed by atoms with E-state index in [4.69, 9.17) is 11.6 Å². The standard InChI is InChI=1S/C26H37ClN4O2/c1-16-6-7-17(24(32)15-31-29-23-12-19(27)14-28-25(23)30-31)4-3-5-22-20(16)9-8-18-13-26(2,33)11-10-21(18)22/h12,14,16-18,20-22,33H,3-11,13,15H2,1-2H3/t16-,17+,18+,20-,21-,22-,26+/m0/s1. The molecule has 5 rings (SSSR count). The van der Waals surface area contributed by atoms with Gasteiger partial charge in [-0.25, -0.2) is 4.98 Å². The van der Waals surface area contributed by atoms with Gasteiger partial charge in [0.05, 0.1) is 10.6 Å². The third-order valence-electron chi connectivity index (χ3n) is 9.09. The molecule has 0 spiro atoms. The second-order valence-corrected chi connectivity index (χ2v) is 11.9. The largest absolute Gasteiger partial charge is 0.390 e. The van der Waals surface area contributed by atoms with E-state index in [9.17, 15) is 9.90 Å². The number of aromatic nitrogens is 4. The number of fused-ring (bicyclic) bond motifs is 4. The molecule has 3 aliphatic rings. The predicted molar refractivity (Wildman–Crippen MR) is 129 cm³/mol. The van der Waals surface area contributed by atoms with Crippen molar-refractivity contribution in [2.75, 3.05) is 0 Å². The van der Waals surface area contributed by atoms with Gasteiger partial charge < -0.3 is 5.11 Å². The molecule has 7 heteroatoms. The third kappa shape index (κ3) is 4.97. The van der Waals surface area contributed by atoms with Gasteiger partial charge >= 0.3 is 0 Å². The van der Waals surface area contributed by atoms with Crippen LogP contribution in [-0.2, 0) is 11.3 Å². The first-order chi connectivity index (χ1) is 15.8. The molecule has 0 saturated heterocycles. The molecule has 2 heterocycles. The molecule has 33 heavy (non-hydrogen) atoms. The maximum absolute atomic E-state index is 13.2. The molecule has 3 aliphatic carbocycles. The fraction of sp³-hybridized carbons (Fsp3) is 0.769. The van der Waals surface area contributed by atoms with Crippen LogP contribution in [0.3, 0.4) is 0 Å². The Morgan fingerprint density at radius 2 is 1.97 bits per heavy atom. The zero-order valence-corrected chi connectivity index (χ0v) is 20.7. The molecule has 0 radical (unpaired) electrons. The van der Waals surface area contributed by atoms with Gasteiger partial charge in [0.15, 0.2) is 5.78 Å². The Bertz CT molecular complexity index is 1010. The normalized spacial score (nSPS) is 37.5. The van der Waals surface area contributed by atoms with E-state index < -0.39 is 5.60 Å². The van der Waals surface area contributed by atoms with Crippen LogP contribution < -0.4 is 0 Å². The average molecular weight is 473 g/mol. The maximum Gasteiger partial charge on any atom is 0.201 e. The molecule has 180 valence electrons. The summed E-state index contributed by atoms with van der Waals surface area (Å²) in [7, 11) is 0. The van der Waals surface area contributed by atoms with Crippen LogP contribution in [0.25, 0.3) is 11.2 Å². The molecule has 0 unspecified atom stereocenters. The number of halogens is 1. The summed E-state index contributed by atoms with van der Waals surface area (Å²) >= 11 is 6.01. The van der Waals surface area contributed by atoms with E-state index in [-0.39, 0.29) is 18.2 Å². The van der Waals surface area contributed by atoms with Crippen molar-refractivity contribution in [3.63, 3.8) is 0 Å². The number of carbonyl (C=O) groups excluding carboxylic acids is 1. The average Bonchev–Trinajstić information content (AvgIpc) is 3.18. The molecule has 3 saturated carbocycles. The molecule has 0 bridgehead atoms. The molecule has 1 N–H and O–H groups in total. The Hall–Kier alpha value is -1.53. The van der Waals surface area contributed by atoms with Crippen LogP contribution in [0.2, 0.25) is 5.02 Å². The van der Waals surface area contributed by atoms with Crippen molar-refractivity contribution in [1.82, 2.24) is 20.0 Å². The first kappa shape index (κ1) is 23.2. The Balaban J connectivity index is 1.25. The van der Waals surface area contributed by atoms with Crippen LogP contribution in [0.4, 0.5) is 0 Å².